The maximum absolute atomic E-state index is 11.3. The summed E-state index contributed by atoms with van der Waals surface area (Å²) in [6.07, 6.45) is 1.26. The van der Waals surface area contributed by atoms with Gasteiger partial charge in [-0.15, -0.1) is 0 Å². The predicted octanol–water partition coefficient (Wildman–Crippen LogP) is 5.80. The minimum absolute atomic E-state index is 0.00161. The van der Waals surface area contributed by atoms with E-state index in [2.05, 4.69) is 17.0 Å². The lowest BCUT2D eigenvalue weighted by molar-refractivity contribution is -0.100. The first-order chi connectivity index (χ1) is 16.5. The average Bonchev–Trinajstić information content (AvgIpc) is 2.84. The largest absolute Gasteiger partial charge is 0.478 e. The average molecular weight is 480 g/mol. The Kier molecular flexibility index (Phi) is 8.01. The number of hydrogen-bond donors (Lipinski definition) is 2. The zero-order chi connectivity index (χ0) is 24.1. The van der Waals surface area contributed by atoms with Gasteiger partial charge in [-0.2, -0.15) is 0 Å². The van der Waals surface area contributed by atoms with Gasteiger partial charge in [0.2, 0.25) is 0 Å². The van der Waals surface area contributed by atoms with Crippen LogP contribution in [-0.4, -0.2) is 40.3 Å². The van der Waals surface area contributed by atoms with Crippen molar-refractivity contribution in [2.45, 2.75) is 44.6 Å². The monoisotopic (exact) mass is 479 g/mol. The highest BCUT2D eigenvalue weighted by molar-refractivity contribution is 6.30. The maximum atomic E-state index is 11.3. The maximum Gasteiger partial charge on any atom is 0.335 e. The van der Waals surface area contributed by atoms with Crippen LogP contribution >= 0.6 is 11.6 Å². The Morgan fingerprint density at radius 2 is 1.91 bits per heavy atom. The molecule has 1 heterocycles. The second-order valence-electron chi connectivity index (χ2n) is 8.82. The number of piperidine rings is 1. The molecule has 0 spiro atoms. The van der Waals surface area contributed by atoms with Gasteiger partial charge in [0, 0.05) is 11.6 Å². The fourth-order valence-electron chi connectivity index (χ4n) is 4.79. The van der Waals surface area contributed by atoms with Crippen LogP contribution < -0.4 is 0 Å². The molecule has 3 atom stereocenters. The summed E-state index contributed by atoms with van der Waals surface area (Å²) in [4.78, 5) is 13.7. The Morgan fingerprint density at radius 3 is 2.59 bits per heavy atom. The van der Waals surface area contributed by atoms with Gasteiger partial charge in [0.1, 0.15) is 6.10 Å². The summed E-state index contributed by atoms with van der Waals surface area (Å²) >= 11 is 6.19. The zero-order valence-electron chi connectivity index (χ0n) is 19.2. The van der Waals surface area contributed by atoms with Crippen LogP contribution in [0.3, 0.4) is 0 Å². The third-order valence-corrected chi connectivity index (χ3v) is 6.74. The zero-order valence-corrected chi connectivity index (χ0v) is 20.0. The summed E-state index contributed by atoms with van der Waals surface area (Å²) in [6.45, 7) is 3.42. The fraction of sp³-hybridized carbons (Fsp3) is 0.321. The molecule has 6 heteroatoms. The van der Waals surface area contributed by atoms with Gasteiger partial charge in [-0.1, -0.05) is 60.1 Å². The van der Waals surface area contributed by atoms with Crippen LogP contribution in [0.4, 0.5) is 0 Å². The van der Waals surface area contributed by atoms with Gasteiger partial charge in [-0.05, 0) is 72.8 Å². The molecule has 0 radical (unpaired) electrons. The second-order valence-corrected chi connectivity index (χ2v) is 9.25. The van der Waals surface area contributed by atoms with Crippen LogP contribution in [0.2, 0.25) is 5.02 Å². The summed E-state index contributed by atoms with van der Waals surface area (Å²) in [5.41, 5.74) is 4.38. The number of aliphatic hydroxyl groups excluding tert-OH is 1. The first kappa shape index (κ1) is 24.4. The molecule has 1 saturated heterocycles. The van der Waals surface area contributed by atoms with Crippen LogP contribution in [0.25, 0.3) is 0 Å². The van der Waals surface area contributed by atoms with Crippen molar-refractivity contribution in [1.82, 2.24) is 4.90 Å². The van der Waals surface area contributed by atoms with Gasteiger partial charge < -0.3 is 14.9 Å². The minimum atomic E-state index is -0.917. The topological polar surface area (TPSA) is 70.0 Å². The second kappa shape index (κ2) is 11.2. The molecule has 0 amide bonds. The van der Waals surface area contributed by atoms with E-state index >= 15 is 0 Å². The van der Waals surface area contributed by atoms with Crippen molar-refractivity contribution in [2.24, 2.45) is 0 Å². The SMILES string of the molecule is Cc1cc(C(=O)O)ccc1CN1CCC[C@H](O[C@H](CO)c2cccc(Cl)c2)[C@@H]1c1ccccc1. The molecular formula is C28H30ClNO4. The summed E-state index contributed by atoms with van der Waals surface area (Å²) in [7, 11) is 0. The van der Waals surface area contributed by atoms with Crippen molar-refractivity contribution in [3.8, 4) is 0 Å². The number of aromatic carboxylic acids is 1. The number of benzene rings is 3. The molecule has 34 heavy (non-hydrogen) atoms. The Hall–Kier alpha value is -2.70. The number of aryl methyl sites for hydroxylation is 1. The highest BCUT2D eigenvalue weighted by atomic mass is 35.5. The van der Waals surface area contributed by atoms with E-state index in [0.717, 1.165) is 41.6 Å². The molecule has 4 rings (SSSR count). The molecule has 0 saturated carbocycles. The highest BCUT2D eigenvalue weighted by Gasteiger charge is 2.35. The smallest absolute Gasteiger partial charge is 0.335 e. The predicted molar refractivity (Wildman–Crippen MR) is 133 cm³/mol. The summed E-state index contributed by atoms with van der Waals surface area (Å²) in [6, 6.07) is 23.1. The van der Waals surface area contributed by atoms with Crippen LogP contribution in [0.15, 0.2) is 72.8 Å². The number of aliphatic hydroxyl groups is 1. The molecule has 0 unspecified atom stereocenters. The van der Waals surface area contributed by atoms with Crippen molar-refractivity contribution in [1.29, 1.82) is 0 Å². The van der Waals surface area contributed by atoms with Gasteiger partial charge in [-0.3, -0.25) is 4.90 Å². The quantitative estimate of drug-likeness (QED) is 0.427. The molecule has 0 bridgehead atoms. The lowest BCUT2D eigenvalue weighted by Gasteiger charge is -2.43. The number of carboxylic acid groups (broad SMARTS) is 1. The van der Waals surface area contributed by atoms with Crippen molar-refractivity contribution in [3.05, 3.63) is 106 Å². The Labute approximate surface area is 205 Å². The number of nitrogens with zero attached hydrogens (tertiary/aromatic N) is 1. The van der Waals surface area contributed by atoms with E-state index in [1.165, 1.54) is 0 Å². The van der Waals surface area contributed by atoms with E-state index in [4.69, 9.17) is 16.3 Å². The molecule has 1 fully saturated rings. The molecule has 3 aromatic carbocycles. The van der Waals surface area contributed by atoms with Gasteiger partial charge >= 0.3 is 5.97 Å². The lowest BCUT2D eigenvalue weighted by atomic mass is 9.91. The van der Waals surface area contributed by atoms with Gasteiger partial charge in [0.15, 0.2) is 0 Å². The fourth-order valence-corrected chi connectivity index (χ4v) is 4.99. The van der Waals surface area contributed by atoms with E-state index < -0.39 is 12.1 Å². The van der Waals surface area contributed by atoms with E-state index in [0.29, 0.717) is 17.1 Å². The Morgan fingerprint density at radius 1 is 1.12 bits per heavy atom. The third-order valence-electron chi connectivity index (χ3n) is 6.51. The van der Waals surface area contributed by atoms with E-state index in [9.17, 15) is 15.0 Å². The Balaban J connectivity index is 1.62. The van der Waals surface area contributed by atoms with E-state index in [1.807, 2.05) is 55.5 Å². The number of likely N-dealkylation sites (tertiary alicyclic amines) is 1. The number of carbonyl (C=O) groups is 1. The minimum Gasteiger partial charge on any atom is -0.478 e. The van der Waals surface area contributed by atoms with Crippen LogP contribution in [0, 0.1) is 6.92 Å². The van der Waals surface area contributed by atoms with Crippen molar-refractivity contribution >= 4 is 17.6 Å². The number of hydrogen-bond acceptors (Lipinski definition) is 4. The number of carboxylic acids is 1. The molecule has 1 aliphatic rings. The molecule has 5 nitrogen and oxygen atoms in total. The van der Waals surface area contributed by atoms with E-state index in [-0.39, 0.29) is 18.8 Å². The summed E-state index contributed by atoms with van der Waals surface area (Å²) in [5, 5.41) is 20.1. The lowest BCUT2D eigenvalue weighted by Crippen LogP contribution is -2.43. The first-order valence-corrected chi connectivity index (χ1v) is 12.0. The Bertz CT molecular complexity index is 1120. The molecule has 0 aliphatic carbocycles. The van der Waals surface area contributed by atoms with Crippen molar-refractivity contribution in [2.75, 3.05) is 13.2 Å². The number of ether oxygens (including phenoxy) is 1. The summed E-state index contributed by atoms with van der Waals surface area (Å²) < 4.78 is 6.57. The molecule has 1 aliphatic heterocycles. The molecule has 3 aromatic rings. The highest BCUT2D eigenvalue weighted by Crippen LogP contribution is 2.37. The normalized spacial score (nSPS) is 19.6. The summed E-state index contributed by atoms with van der Waals surface area (Å²) in [5.74, 6) is -0.917. The molecule has 178 valence electrons. The van der Waals surface area contributed by atoms with Crippen molar-refractivity contribution < 1.29 is 19.7 Å². The van der Waals surface area contributed by atoms with Crippen LogP contribution in [0.1, 0.15) is 57.6 Å². The van der Waals surface area contributed by atoms with Crippen LogP contribution in [0.5, 0.6) is 0 Å². The number of rotatable bonds is 8. The van der Waals surface area contributed by atoms with Gasteiger partial charge in [0.05, 0.1) is 24.3 Å². The van der Waals surface area contributed by atoms with Gasteiger partial charge in [0.25, 0.3) is 0 Å². The van der Waals surface area contributed by atoms with E-state index in [1.54, 1.807) is 12.1 Å². The van der Waals surface area contributed by atoms with Gasteiger partial charge in [-0.25, -0.2) is 4.79 Å². The first-order valence-electron chi connectivity index (χ1n) is 11.6. The molecular weight excluding hydrogens is 450 g/mol. The molecule has 2 N–H and O–H groups in total. The van der Waals surface area contributed by atoms with Crippen molar-refractivity contribution in [3.63, 3.8) is 0 Å². The standard InChI is InChI=1S/C28H30ClNO4/c1-19-15-22(28(32)33)12-13-23(19)17-30-14-6-11-25(27(30)20-7-3-2-4-8-20)34-26(18-31)21-9-5-10-24(29)16-21/h2-5,7-10,12-13,15-16,25-27,31H,6,11,14,17-18H2,1H3,(H,32,33)/t25-,26+,27-/m0/s1. The number of halogens is 1. The van der Waals surface area contributed by atoms with Crippen LogP contribution in [-0.2, 0) is 11.3 Å². The molecule has 0 aromatic heterocycles. The third kappa shape index (κ3) is 5.68.